The third-order valence-corrected chi connectivity index (χ3v) is 9.70. The van der Waals surface area contributed by atoms with Gasteiger partial charge in [0.15, 0.2) is 6.10 Å². The Bertz CT molecular complexity index is 1130. The number of hydrogen-bond acceptors (Lipinski definition) is 8. The molecule has 0 rings (SSSR count). The van der Waals surface area contributed by atoms with E-state index in [-0.39, 0.29) is 19.4 Å². The molecule has 0 aromatic carbocycles. The Kier molecular flexibility index (Phi) is 37.9. The number of carbonyl (C=O) groups excluding carboxylic acids is 2. The van der Waals surface area contributed by atoms with Crippen molar-refractivity contribution in [2.45, 2.75) is 199 Å². The van der Waals surface area contributed by atoms with Crippen LogP contribution >= 0.6 is 7.82 Å². The van der Waals surface area contributed by atoms with E-state index in [9.17, 15) is 24.4 Å². The second-order valence-electron chi connectivity index (χ2n) is 14.7. The summed E-state index contributed by atoms with van der Waals surface area (Å²) in [7, 11) is -4.82. The second-order valence-corrected chi connectivity index (χ2v) is 16.0. The summed E-state index contributed by atoms with van der Waals surface area (Å²) in [5, 5.41) is 20.1. The summed E-state index contributed by atoms with van der Waals surface area (Å²) in [6.07, 6.45) is 43.0. The first kappa shape index (κ1) is 53.7. The van der Waals surface area contributed by atoms with E-state index in [1.165, 1.54) is 83.5 Å². The van der Waals surface area contributed by atoms with Crippen molar-refractivity contribution in [3.63, 3.8) is 0 Å². The van der Waals surface area contributed by atoms with Gasteiger partial charge in [0.2, 0.25) is 0 Å². The van der Waals surface area contributed by atoms with Gasteiger partial charge >= 0.3 is 19.8 Å². The highest BCUT2D eigenvalue weighted by Gasteiger charge is 2.23. The van der Waals surface area contributed by atoms with E-state index >= 15 is 0 Å². The largest absolute Gasteiger partial charge is 0.469 e. The average molecular weight is 811 g/mol. The van der Waals surface area contributed by atoms with Crippen molar-refractivity contribution in [1.29, 1.82) is 0 Å². The van der Waals surface area contributed by atoms with Gasteiger partial charge in [-0.25, -0.2) is 4.57 Å². The molecular formula is C45H79O10P. The third kappa shape index (κ3) is 41.3. The lowest BCUT2D eigenvalue weighted by Gasteiger charge is -2.18. The highest BCUT2D eigenvalue weighted by atomic mass is 31.2. The molecule has 0 spiro atoms. The molecule has 0 bridgehead atoms. The molecule has 0 heterocycles. The monoisotopic (exact) mass is 811 g/mol. The van der Waals surface area contributed by atoms with E-state index in [2.05, 4.69) is 30.5 Å². The van der Waals surface area contributed by atoms with Crippen LogP contribution in [-0.2, 0) is 28.2 Å². The summed E-state index contributed by atoms with van der Waals surface area (Å²) in [6, 6.07) is 0. The molecule has 11 heteroatoms. The summed E-state index contributed by atoms with van der Waals surface area (Å²) in [6.45, 7) is 3.39. The highest BCUT2D eigenvalue weighted by molar-refractivity contribution is 7.46. The van der Waals surface area contributed by atoms with Gasteiger partial charge in [-0.2, -0.15) is 0 Å². The van der Waals surface area contributed by atoms with Crippen molar-refractivity contribution in [3.8, 4) is 0 Å². The molecule has 56 heavy (non-hydrogen) atoms. The van der Waals surface area contributed by atoms with Crippen LogP contribution in [0.4, 0.5) is 0 Å². The number of esters is 2. The van der Waals surface area contributed by atoms with Crippen LogP contribution in [-0.4, -0.2) is 63.5 Å². The van der Waals surface area contributed by atoms with Gasteiger partial charge in [-0.3, -0.25) is 14.1 Å². The number of aliphatic hydroxyl groups is 2. The number of phosphoric ester groups is 1. The number of allylic oxidation sites excluding steroid dienone is 8. The van der Waals surface area contributed by atoms with E-state index in [1.54, 1.807) is 18.2 Å². The van der Waals surface area contributed by atoms with Crippen LogP contribution in [0.2, 0.25) is 0 Å². The van der Waals surface area contributed by atoms with Gasteiger partial charge in [-0.1, -0.05) is 171 Å². The summed E-state index contributed by atoms with van der Waals surface area (Å²) in [5.74, 6) is -1.12. The molecule has 0 aromatic rings. The maximum absolute atomic E-state index is 12.4. The molecule has 0 aromatic heterocycles. The predicted molar refractivity (Wildman–Crippen MR) is 228 cm³/mol. The lowest BCUT2D eigenvalue weighted by atomic mass is 10.1. The molecule has 0 saturated heterocycles. The van der Waals surface area contributed by atoms with Crippen LogP contribution in [0.25, 0.3) is 0 Å². The lowest BCUT2D eigenvalue weighted by Crippen LogP contribution is -2.29. The van der Waals surface area contributed by atoms with Crippen molar-refractivity contribution in [2.75, 3.05) is 13.2 Å². The van der Waals surface area contributed by atoms with Crippen LogP contribution < -0.4 is 0 Å². The molecular weight excluding hydrogens is 731 g/mol. The summed E-state index contributed by atoms with van der Waals surface area (Å²) < 4.78 is 26.3. The van der Waals surface area contributed by atoms with Gasteiger partial charge < -0.3 is 29.5 Å². The number of hydrogen-bond donors (Lipinski definition) is 4. The van der Waals surface area contributed by atoms with Crippen LogP contribution in [0.3, 0.4) is 0 Å². The van der Waals surface area contributed by atoms with Crippen molar-refractivity contribution in [2.24, 2.45) is 0 Å². The summed E-state index contributed by atoms with van der Waals surface area (Å²) in [4.78, 5) is 42.9. The molecule has 0 amide bonds. The molecule has 0 aliphatic rings. The maximum Gasteiger partial charge on any atom is 0.469 e. The Morgan fingerprint density at radius 3 is 1.55 bits per heavy atom. The number of ether oxygens (including phenoxy) is 2. The number of rotatable bonds is 39. The van der Waals surface area contributed by atoms with E-state index < -0.39 is 44.7 Å². The first-order valence-corrected chi connectivity index (χ1v) is 23.3. The third-order valence-electron chi connectivity index (χ3n) is 9.22. The number of aliphatic hydroxyl groups excluding tert-OH is 2. The smallest absolute Gasteiger partial charge is 0.462 e. The van der Waals surface area contributed by atoms with Gasteiger partial charge in [0, 0.05) is 12.8 Å². The van der Waals surface area contributed by atoms with E-state index in [1.807, 2.05) is 30.4 Å². The van der Waals surface area contributed by atoms with Gasteiger partial charge in [-0.05, 0) is 57.8 Å². The van der Waals surface area contributed by atoms with Gasteiger partial charge in [0.1, 0.15) is 6.61 Å². The van der Waals surface area contributed by atoms with Crippen LogP contribution in [0.15, 0.2) is 60.8 Å². The van der Waals surface area contributed by atoms with Crippen molar-refractivity contribution in [1.82, 2.24) is 0 Å². The first-order valence-electron chi connectivity index (χ1n) is 21.8. The maximum atomic E-state index is 12.4. The van der Waals surface area contributed by atoms with Crippen molar-refractivity contribution in [3.05, 3.63) is 60.8 Å². The lowest BCUT2D eigenvalue weighted by molar-refractivity contribution is -0.161. The molecule has 0 radical (unpaired) electrons. The standard InChI is InChI=1S/C45H79O10P/c1-3-5-7-8-9-10-11-12-13-14-15-16-17-18-19-20-24-27-31-37-44(48)53-39-43(40-54-56(50,51)52)55-45(49)38-32-36-42(47)35-30-26-23-21-22-25-29-34-41(46)33-28-6-4-2/h12-13,22-23,25-26,29-30,34-35,41-43,46-47H,3-11,14-21,24,27-28,31-33,36-40H2,1-2H3,(H2,50,51,52)/b13-12-,25-22-,26-23-,34-29+,35-30+/t41-,42-,43-/m1/s1. The zero-order chi connectivity index (χ0) is 41.4. The normalized spacial score (nSPS) is 14.2. The molecule has 4 N–H and O–H groups in total. The van der Waals surface area contributed by atoms with Gasteiger partial charge in [-0.15, -0.1) is 0 Å². The minimum absolute atomic E-state index is 0.0383. The SMILES string of the molecule is CCCCCCCC/C=C\CCCCCCCCCCCC(=O)OC[C@H](COP(=O)(O)O)OC(=O)CCC[C@H](O)/C=C/C=C\C/C=C\C=C\[C@H](O)CCCCC. The van der Waals surface area contributed by atoms with Crippen molar-refractivity contribution < 1.29 is 48.2 Å². The van der Waals surface area contributed by atoms with Crippen LogP contribution in [0, 0.1) is 0 Å². The quantitative estimate of drug-likeness (QED) is 0.0155. The molecule has 0 saturated carbocycles. The summed E-state index contributed by atoms with van der Waals surface area (Å²) >= 11 is 0. The second kappa shape index (κ2) is 39.5. The topological polar surface area (TPSA) is 160 Å². The molecule has 10 nitrogen and oxygen atoms in total. The molecule has 3 atom stereocenters. The Balaban J connectivity index is 4.13. The molecule has 0 fully saturated rings. The molecule has 0 aliphatic carbocycles. The minimum atomic E-state index is -4.82. The Morgan fingerprint density at radius 2 is 1.02 bits per heavy atom. The zero-order valence-corrected chi connectivity index (χ0v) is 35.9. The van der Waals surface area contributed by atoms with E-state index in [0.29, 0.717) is 25.7 Å². The van der Waals surface area contributed by atoms with Gasteiger partial charge in [0.05, 0.1) is 18.8 Å². The van der Waals surface area contributed by atoms with E-state index in [4.69, 9.17) is 19.3 Å². The Labute approximate surface area is 340 Å². The molecule has 0 unspecified atom stereocenters. The molecule has 0 aliphatic heterocycles. The highest BCUT2D eigenvalue weighted by Crippen LogP contribution is 2.36. The molecule has 324 valence electrons. The van der Waals surface area contributed by atoms with Crippen LogP contribution in [0.1, 0.15) is 181 Å². The minimum Gasteiger partial charge on any atom is -0.462 e. The Morgan fingerprint density at radius 1 is 0.554 bits per heavy atom. The number of phosphoric acid groups is 1. The first-order chi connectivity index (χ1) is 27.1. The fourth-order valence-electron chi connectivity index (χ4n) is 5.88. The van der Waals surface area contributed by atoms with Gasteiger partial charge in [0.25, 0.3) is 0 Å². The van der Waals surface area contributed by atoms with Crippen molar-refractivity contribution >= 4 is 19.8 Å². The van der Waals surface area contributed by atoms with E-state index in [0.717, 1.165) is 44.9 Å². The number of carbonyl (C=O) groups is 2. The van der Waals surface area contributed by atoms with Crippen LogP contribution in [0.5, 0.6) is 0 Å². The zero-order valence-electron chi connectivity index (χ0n) is 35.0. The Hall–Kier alpha value is -2.33. The number of unbranched alkanes of at least 4 members (excludes halogenated alkanes) is 17. The fraction of sp³-hybridized carbons (Fsp3) is 0.733. The average Bonchev–Trinajstić information content (AvgIpc) is 3.15. The summed E-state index contributed by atoms with van der Waals surface area (Å²) in [5.41, 5.74) is 0. The predicted octanol–water partition coefficient (Wildman–Crippen LogP) is 11.2. The fourth-order valence-corrected chi connectivity index (χ4v) is 6.24.